The van der Waals surface area contributed by atoms with E-state index in [1.165, 1.54) is 12.1 Å². The van der Waals surface area contributed by atoms with Crippen molar-refractivity contribution < 1.29 is 18.3 Å². The van der Waals surface area contributed by atoms with E-state index in [1.807, 2.05) is 12.1 Å². The van der Waals surface area contributed by atoms with Crippen molar-refractivity contribution in [1.29, 1.82) is 0 Å². The highest BCUT2D eigenvalue weighted by molar-refractivity contribution is 7.92. The van der Waals surface area contributed by atoms with Gasteiger partial charge in [-0.25, -0.2) is 8.42 Å². The van der Waals surface area contributed by atoms with Crippen LogP contribution < -0.4 is 9.83 Å². The number of aromatic nitrogens is 1. The van der Waals surface area contributed by atoms with Crippen molar-refractivity contribution in [3.63, 3.8) is 0 Å². The quantitative estimate of drug-likeness (QED) is 0.779. The minimum atomic E-state index is -3.97. The Morgan fingerprint density at radius 2 is 1.88 bits per heavy atom. The van der Waals surface area contributed by atoms with Gasteiger partial charge in [0.2, 0.25) is 0 Å². The van der Waals surface area contributed by atoms with E-state index in [2.05, 4.69) is 9.71 Å². The molecule has 0 bridgehead atoms. The number of benzene rings is 2. The van der Waals surface area contributed by atoms with Crippen molar-refractivity contribution in [2.24, 2.45) is 0 Å². The Balaban J connectivity index is 2.09. The molecule has 122 valence electrons. The Morgan fingerprint density at radius 3 is 2.62 bits per heavy atom. The highest BCUT2D eigenvalue weighted by atomic mass is 32.2. The summed E-state index contributed by atoms with van der Waals surface area (Å²) in [5.41, 5.74) is 1.07. The number of nitrogens with one attached hydrogen (secondary N) is 1. The molecule has 7 heteroatoms. The van der Waals surface area contributed by atoms with Crippen molar-refractivity contribution in [2.45, 2.75) is 11.8 Å². The number of carboxylic acids is 1. The van der Waals surface area contributed by atoms with Gasteiger partial charge in [-0.05, 0) is 36.2 Å². The predicted octanol–water partition coefficient (Wildman–Crippen LogP) is 1.71. The molecule has 0 aliphatic carbocycles. The first kappa shape index (κ1) is 15.9. The molecule has 2 aromatic carbocycles. The highest BCUT2D eigenvalue weighted by Crippen LogP contribution is 2.25. The fourth-order valence-electron chi connectivity index (χ4n) is 2.40. The number of carbonyl (C=O) groups is 1. The highest BCUT2D eigenvalue weighted by Gasteiger charge is 2.19. The Bertz CT molecular complexity index is 1040. The number of fused-ring (bicyclic) bond motifs is 1. The first-order valence-corrected chi connectivity index (χ1v) is 8.55. The number of pyridine rings is 1. The number of para-hydroxylation sites is 1. The minimum Gasteiger partial charge on any atom is -0.545 e. The second-order valence-corrected chi connectivity index (χ2v) is 6.90. The first-order valence-electron chi connectivity index (χ1n) is 7.07. The summed E-state index contributed by atoms with van der Waals surface area (Å²) in [4.78, 5) is 15.1. The number of carbonyl (C=O) groups excluding carboxylic acids is 1. The molecule has 3 aromatic rings. The molecule has 0 aliphatic heterocycles. The molecule has 0 amide bonds. The lowest BCUT2D eigenvalue weighted by atomic mass is 10.1. The average molecular weight is 341 g/mol. The van der Waals surface area contributed by atoms with Crippen LogP contribution in [-0.4, -0.2) is 19.4 Å². The predicted molar refractivity (Wildman–Crippen MR) is 88.1 cm³/mol. The molecule has 3 rings (SSSR count). The molecule has 1 aromatic heterocycles. The summed E-state index contributed by atoms with van der Waals surface area (Å²) in [5, 5.41) is 11.8. The smallest absolute Gasteiger partial charge is 0.262 e. The summed E-state index contributed by atoms with van der Waals surface area (Å²) >= 11 is 0. The molecule has 0 fully saturated rings. The second kappa shape index (κ2) is 5.93. The van der Waals surface area contributed by atoms with Crippen LogP contribution in [0.1, 0.15) is 15.9 Å². The van der Waals surface area contributed by atoms with E-state index in [0.29, 0.717) is 16.8 Å². The van der Waals surface area contributed by atoms with Gasteiger partial charge in [0.15, 0.2) is 0 Å². The van der Waals surface area contributed by atoms with Crippen LogP contribution in [0.2, 0.25) is 0 Å². The van der Waals surface area contributed by atoms with Crippen molar-refractivity contribution in [3.05, 3.63) is 65.9 Å². The number of nitrogens with zero attached hydrogens (tertiary/aromatic N) is 1. The summed E-state index contributed by atoms with van der Waals surface area (Å²) in [6, 6.07) is 12.5. The van der Waals surface area contributed by atoms with Crippen LogP contribution in [0.3, 0.4) is 0 Å². The molecule has 24 heavy (non-hydrogen) atoms. The molecular formula is C17H13N2O4S-. The molecule has 0 saturated heterocycles. The molecule has 0 atom stereocenters. The third-order valence-corrected chi connectivity index (χ3v) is 5.10. The zero-order valence-electron chi connectivity index (χ0n) is 12.7. The fourth-order valence-corrected chi connectivity index (χ4v) is 3.74. The number of hydrogen-bond donors (Lipinski definition) is 1. The zero-order chi connectivity index (χ0) is 17.3. The van der Waals surface area contributed by atoms with Crippen molar-refractivity contribution >= 4 is 32.6 Å². The molecule has 0 spiro atoms. The normalized spacial score (nSPS) is 11.4. The van der Waals surface area contributed by atoms with E-state index >= 15 is 0 Å². The third-order valence-electron chi connectivity index (χ3n) is 3.59. The first-order chi connectivity index (χ1) is 11.4. The summed E-state index contributed by atoms with van der Waals surface area (Å²) in [6.45, 7) is 1.59. The van der Waals surface area contributed by atoms with E-state index in [0.717, 1.165) is 11.5 Å². The Kier molecular flexibility index (Phi) is 3.94. The summed E-state index contributed by atoms with van der Waals surface area (Å²) < 4.78 is 27.9. The van der Waals surface area contributed by atoms with E-state index in [-0.39, 0.29) is 10.5 Å². The van der Waals surface area contributed by atoms with Crippen LogP contribution in [0.15, 0.2) is 59.6 Å². The maximum absolute atomic E-state index is 12.7. The zero-order valence-corrected chi connectivity index (χ0v) is 13.5. The van der Waals surface area contributed by atoms with Crippen LogP contribution in [0.25, 0.3) is 10.9 Å². The van der Waals surface area contributed by atoms with Gasteiger partial charge in [0.05, 0.1) is 22.1 Å². The van der Waals surface area contributed by atoms with Gasteiger partial charge in [-0.1, -0.05) is 30.3 Å². The lowest BCUT2D eigenvalue weighted by Gasteiger charge is -2.13. The molecule has 0 unspecified atom stereocenters. The average Bonchev–Trinajstić information content (AvgIpc) is 2.55. The lowest BCUT2D eigenvalue weighted by Crippen LogP contribution is -2.23. The van der Waals surface area contributed by atoms with Crippen LogP contribution in [-0.2, 0) is 10.0 Å². The third kappa shape index (κ3) is 2.93. The topological polar surface area (TPSA) is 99.2 Å². The second-order valence-electron chi connectivity index (χ2n) is 5.25. The van der Waals surface area contributed by atoms with E-state index in [9.17, 15) is 18.3 Å². The van der Waals surface area contributed by atoms with Crippen LogP contribution in [0, 0.1) is 6.92 Å². The standard InChI is InChI=1S/C17H14N2O4S/c1-11-7-8-13(17(20)21)10-15(11)24(22,23)19-14-6-2-4-12-5-3-9-18-16(12)14/h2-10,19H,1H3,(H,20,21)/p-1. The number of carboxylic acid groups (broad SMARTS) is 1. The largest absolute Gasteiger partial charge is 0.545 e. The minimum absolute atomic E-state index is 0.114. The molecule has 1 N–H and O–H groups in total. The monoisotopic (exact) mass is 341 g/mol. The van der Waals surface area contributed by atoms with Crippen molar-refractivity contribution in [1.82, 2.24) is 4.98 Å². The van der Waals surface area contributed by atoms with Crippen molar-refractivity contribution in [2.75, 3.05) is 4.72 Å². The number of rotatable bonds is 4. The van der Waals surface area contributed by atoms with Gasteiger partial charge in [0.25, 0.3) is 10.0 Å². The molecule has 0 radical (unpaired) electrons. The Labute approximate surface area is 138 Å². The summed E-state index contributed by atoms with van der Waals surface area (Å²) in [6.07, 6.45) is 1.57. The maximum atomic E-state index is 12.7. The van der Waals surface area contributed by atoms with Gasteiger partial charge >= 0.3 is 0 Å². The van der Waals surface area contributed by atoms with Crippen LogP contribution in [0.5, 0.6) is 0 Å². The van der Waals surface area contributed by atoms with Gasteiger partial charge < -0.3 is 9.90 Å². The van der Waals surface area contributed by atoms with Gasteiger partial charge in [-0.15, -0.1) is 0 Å². The number of aromatic carboxylic acids is 1. The fraction of sp³-hybridized carbons (Fsp3) is 0.0588. The number of aryl methyl sites for hydroxylation is 1. The van der Waals surface area contributed by atoms with E-state index < -0.39 is 16.0 Å². The number of hydrogen-bond acceptors (Lipinski definition) is 5. The molecule has 1 heterocycles. The maximum Gasteiger partial charge on any atom is 0.262 e. The molecule has 0 saturated carbocycles. The van der Waals surface area contributed by atoms with Gasteiger partial charge in [-0.2, -0.15) is 0 Å². The summed E-state index contributed by atoms with van der Waals surface area (Å²) in [5.74, 6) is -1.43. The van der Waals surface area contributed by atoms with Crippen LogP contribution >= 0.6 is 0 Å². The Hall–Kier alpha value is -2.93. The number of anilines is 1. The Morgan fingerprint density at radius 1 is 1.12 bits per heavy atom. The van der Waals surface area contributed by atoms with Gasteiger partial charge in [-0.3, -0.25) is 9.71 Å². The van der Waals surface area contributed by atoms with Crippen LogP contribution in [0.4, 0.5) is 5.69 Å². The molecular weight excluding hydrogens is 328 g/mol. The van der Waals surface area contributed by atoms with Crippen molar-refractivity contribution in [3.8, 4) is 0 Å². The number of sulfonamides is 1. The summed E-state index contributed by atoms with van der Waals surface area (Å²) in [7, 11) is -3.97. The lowest BCUT2D eigenvalue weighted by molar-refractivity contribution is -0.255. The SMILES string of the molecule is Cc1ccc(C(=O)[O-])cc1S(=O)(=O)Nc1cccc2cccnc12. The van der Waals surface area contributed by atoms with E-state index in [1.54, 1.807) is 31.3 Å². The molecule has 0 aliphatic rings. The molecule has 6 nitrogen and oxygen atoms in total. The van der Waals surface area contributed by atoms with Gasteiger partial charge in [0, 0.05) is 11.6 Å². The van der Waals surface area contributed by atoms with E-state index in [4.69, 9.17) is 0 Å². The van der Waals surface area contributed by atoms with Gasteiger partial charge in [0.1, 0.15) is 0 Å².